The molecule has 10 heteroatoms. The van der Waals surface area contributed by atoms with E-state index in [4.69, 9.17) is 9.84 Å². The molecule has 1 aliphatic carbocycles. The number of carboxylic acids is 1. The monoisotopic (exact) mass is 429 g/mol. The molecule has 0 radical (unpaired) electrons. The number of aliphatic carboxylic acids is 1. The Bertz CT molecular complexity index is 915. The number of nitrogens with one attached hydrogen (secondary N) is 1. The fourth-order valence-electron chi connectivity index (χ4n) is 3.35. The van der Waals surface area contributed by atoms with E-state index in [1.165, 1.54) is 0 Å². The molecule has 0 spiro atoms. The van der Waals surface area contributed by atoms with Gasteiger partial charge in [0.2, 0.25) is 0 Å². The third-order valence-electron chi connectivity index (χ3n) is 4.81. The van der Waals surface area contributed by atoms with E-state index in [-0.39, 0.29) is 12.5 Å². The number of amides is 1. The average molecular weight is 429 g/mol. The highest BCUT2D eigenvalue weighted by Crippen LogP contribution is 2.44. The van der Waals surface area contributed by atoms with Gasteiger partial charge in [0.25, 0.3) is 0 Å². The second-order valence-corrected chi connectivity index (χ2v) is 6.77. The summed E-state index contributed by atoms with van der Waals surface area (Å²) in [5, 5.41) is 10.5. The van der Waals surface area contributed by atoms with Gasteiger partial charge in [0.15, 0.2) is 0 Å². The Kier molecular flexibility index (Phi) is 5.69. The second-order valence-electron chi connectivity index (χ2n) is 6.77. The number of ether oxygens (including phenoxy) is 1. The average Bonchev–Trinajstić information content (AvgIpc) is 2.98. The molecule has 0 bridgehead atoms. The highest BCUT2D eigenvalue weighted by atomic mass is 19.4. The summed E-state index contributed by atoms with van der Waals surface area (Å²) in [4.78, 5) is 23.0. The summed E-state index contributed by atoms with van der Waals surface area (Å²) in [5.74, 6) is -7.71. The number of halogens is 5. The minimum absolute atomic E-state index is 0.248. The maximum atomic E-state index is 13.2. The lowest BCUT2D eigenvalue weighted by molar-refractivity contribution is -0.285. The number of alkyl carbamates (subject to hydrolysis) is 1. The fourth-order valence-corrected chi connectivity index (χ4v) is 3.35. The molecule has 0 unspecified atom stereocenters. The van der Waals surface area contributed by atoms with Crippen molar-refractivity contribution in [3.63, 3.8) is 0 Å². The van der Waals surface area contributed by atoms with Gasteiger partial charge in [-0.3, -0.25) is 0 Å². The van der Waals surface area contributed by atoms with Gasteiger partial charge in [-0.05, 0) is 22.3 Å². The van der Waals surface area contributed by atoms with E-state index in [2.05, 4.69) is 0 Å². The number of hydrogen-bond acceptors (Lipinski definition) is 3. The summed E-state index contributed by atoms with van der Waals surface area (Å²) in [6, 6.07) is 12.2. The van der Waals surface area contributed by atoms with Crippen LogP contribution in [0.1, 0.15) is 23.5 Å². The van der Waals surface area contributed by atoms with Crippen molar-refractivity contribution >= 4 is 12.1 Å². The number of benzene rings is 2. The molecule has 0 aromatic heterocycles. The van der Waals surface area contributed by atoms with Crippen LogP contribution in [0.15, 0.2) is 48.5 Å². The van der Waals surface area contributed by atoms with Crippen LogP contribution in [0, 0.1) is 0 Å². The molecule has 5 nitrogen and oxygen atoms in total. The van der Waals surface area contributed by atoms with Crippen LogP contribution in [0.3, 0.4) is 0 Å². The van der Waals surface area contributed by atoms with Crippen LogP contribution in [0.2, 0.25) is 0 Å². The molecule has 0 aliphatic heterocycles. The Balaban J connectivity index is 1.69. The second kappa shape index (κ2) is 7.92. The van der Waals surface area contributed by atoms with E-state index < -0.39 is 36.6 Å². The number of carbonyl (C=O) groups is 2. The van der Waals surface area contributed by atoms with Gasteiger partial charge < -0.3 is 15.2 Å². The predicted octanol–water partition coefficient (Wildman–Crippen LogP) is 4.57. The Morgan fingerprint density at radius 3 is 1.93 bits per heavy atom. The lowest BCUT2D eigenvalue weighted by Gasteiger charge is -2.23. The maximum Gasteiger partial charge on any atom is 0.453 e. The minimum atomic E-state index is -5.94. The fraction of sp³-hybridized carbons (Fsp3) is 0.300. The van der Waals surface area contributed by atoms with Crippen LogP contribution in [0.5, 0.6) is 0 Å². The number of hydrogen-bond donors (Lipinski definition) is 2. The summed E-state index contributed by atoms with van der Waals surface area (Å²) in [7, 11) is 0. The molecular formula is C20H16F5NO4. The molecule has 2 N–H and O–H groups in total. The van der Waals surface area contributed by atoms with Gasteiger partial charge in [-0.25, -0.2) is 9.59 Å². The standard InChI is InChI=1S/C20H16F5NO4/c21-19(22,20(23,24)25)9-16(17(27)28)26-18(29)30-10-15-13-7-3-1-5-11(13)12-6-2-4-8-14(12)15/h1-8,15-16H,9-10H2,(H,26,29)(H,27,28)/t16-/m0/s1. The van der Waals surface area contributed by atoms with E-state index >= 15 is 0 Å². The Hall–Kier alpha value is -3.17. The zero-order valence-electron chi connectivity index (χ0n) is 15.2. The Morgan fingerprint density at radius 1 is 0.967 bits per heavy atom. The van der Waals surface area contributed by atoms with Gasteiger partial charge in [0.05, 0.1) is 6.42 Å². The summed E-state index contributed by atoms with van der Waals surface area (Å²) in [5.41, 5.74) is 3.56. The minimum Gasteiger partial charge on any atom is -0.480 e. The molecule has 0 saturated carbocycles. The Labute approximate surface area is 167 Å². The molecule has 2 aromatic rings. The van der Waals surface area contributed by atoms with Crippen molar-refractivity contribution in [3.8, 4) is 11.1 Å². The van der Waals surface area contributed by atoms with Crippen molar-refractivity contribution < 1.29 is 41.4 Å². The van der Waals surface area contributed by atoms with Gasteiger partial charge in [-0.1, -0.05) is 48.5 Å². The first-order chi connectivity index (χ1) is 14.0. The van der Waals surface area contributed by atoms with Gasteiger partial charge >= 0.3 is 24.2 Å². The molecule has 0 saturated heterocycles. The van der Waals surface area contributed by atoms with Crippen molar-refractivity contribution in [1.82, 2.24) is 5.32 Å². The summed E-state index contributed by atoms with van der Waals surface area (Å²) < 4.78 is 68.4. The molecule has 1 amide bonds. The third kappa shape index (κ3) is 4.22. The maximum absolute atomic E-state index is 13.2. The normalized spacial score (nSPS) is 14.6. The smallest absolute Gasteiger partial charge is 0.453 e. The molecule has 1 atom stereocenters. The molecule has 30 heavy (non-hydrogen) atoms. The highest BCUT2D eigenvalue weighted by molar-refractivity contribution is 5.81. The van der Waals surface area contributed by atoms with E-state index in [0.29, 0.717) is 0 Å². The van der Waals surface area contributed by atoms with Crippen LogP contribution in [0.25, 0.3) is 11.1 Å². The number of fused-ring (bicyclic) bond motifs is 3. The van der Waals surface area contributed by atoms with E-state index in [1.54, 1.807) is 17.4 Å². The van der Waals surface area contributed by atoms with Crippen molar-refractivity contribution in [3.05, 3.63) is 59.7 Å². The van der Waals surface area contributed by atoms with E-state index in [9.17, 15) is 31.5 Å². The first-order valence-corrected chi connectivity index (χ1v) is 8.80. The van der Waals surface area contributed by atoms with E-state index in [1.807, 2.05) is 36.4 Å². The number of alkyl halides is 5. The molecule has 0 heterocycles. The number of rotatable bonds is 6. The zero-order chi connectivity index (χ0) is 22.1. The SMILES string of the molecule is O=C(N[C@@H](CC(F)(F)C(F)(F)F)C(=O)O)OCC1c2ccccc2-c2ccccc21. The van der Waals surface area contributed by atoms with Crippen molar-refractivity contribution in [2.45, 2.75) is 30.5 Å². The van der Waals surface area contributed by atoms with Crippen LogP contribution in [-0.4, -0.2) is 41.9 Å². The lowest BCUT2D eigenvalue weighted by Crippen LogP contribution is -2.49. The highest BCUT2D eigenvalue weighted by Gasteiger charge is 2.59. The molecule has 160 valence electrons. The van der Waals surface area contributed by atoms with Gasteiger partial charge in [0.1, 0.15) is 12.6 Å². The number of carbonyl (C=O) groups excluding carboxylic acids is 1. The van der Waals surface area contributed by atoms with Crippen LogP contribution >= 0.6 is 0 Å². The van der Waals surface area contributed by atoms with Gasteiger partial charge in [-0.15, -0.1) is 0 Å². The zero-order valence-corrected chi connectivity index (χ0v) is 15.2. The predicted molar refractivity (Wildman–Crippen MR) is 95.2 cm³/mol. The quantitative estimate of drug-likeness (QED) is 0.660. The third-order valence-corrected chi connectivity index (χ3v) is 4.81. The van der Waals surface area contributed by atoms with Crippen molar-refractivity contribution in [2.24, 2.45) is 0 Å². The lowest BCUT2D eigenvalue weighted by atomic mass is 9.98. The van der Waals surface area contributed by atoms with Crippen LogP contribution in [-0.2, 0) is 9.53 Å². The number of carboxylic acid groups (broad SMARTS) is 1. The summed E-state index contributed by atoms with van der Waals surface area (Å²) in [6.07, 6.45) is -9.48. The van der Waals surface area contributed by atoms with Gasteiger partial charge in [-0.2, -0.15) is 22.0 Å². The van der Waals surface area contributed by atoms with Gasteiger partial charge in [0, 0.05) is 5.92 Å². The molecule has 3 rings (SSSR count). The molecular weight excluding hydrogens is 413 g/mol. The topological polar surface area (TPSA) is 75.6 Å². The van der Waals surface area contributed by atoms with Crippen molar-refractivity contribution in [1.29, 1.82) is 0 Å². The first-order valence-electron chi connectivity index (χ1n) is 8.80. The largest absolute Gasteiger partial charge is 0.480 e. The molecule has 0 fully saturated rings. The van der Waals surface area contributed by atoms with Crippen LogP contribution in [0.4, 0.5) is 26.7 Å². The van der Waals surface area contributed by atoms with Crippen LogP contribution < -0.4 is 5.32 Å². The molecule has 2 aromatic carbocycles. The van der Waals surface area contributed by atoms with Crippen molar-refractivity contribution in [2.75, 3.05) is 6.61 Å². The molecule has 1 aliphatic rings. The Morgan fingerprint density at radius 2 is 1.47 bits per heavy atom. The summed E-state index contributed by atoms with van der Waals surface area (Å²) >= 11 is 0. The van der Waals surface area contributed by atoms with E-state index in [0.717, 1.165) is 22.3 Å². The summed E-state index contributed by atoms with van der Waals surface area (Å²) in [6.45, 7) is -0.248. The first kappa shape index (κ1) is 21.5.